The maximum Gasteiger partial charge on any atom is 0.336 e. The van der Waals surface area contributed by atoms with Gasteiger partial charge in [0, 0.05) is 23.1 Å². The second-order valence-electron chi connectivity index (χ2n) is 4.03. The zero-order valence-corrected chi connectivity index (χ0v) is 9.99. The monoisotopic (exact) mass is 234 g/mol. The van der Waals surface area contributed by atoms with Crippen LogP contribution in [0.5, 0.6) is 5.75 Å². The summed E-state index contributed by atoms with van der Waals surface area (Å²) in [5.41, 5.74) is 1.87. The van der Waals surface area contributed by atoms with Gasteiger partial charge in [0.1, 0.15) is 17.9 Å². The maximum absolute atomic E-state index is 11.4. The molecular formula is C13H16NO3+. The average molecular weight is 234 g/mol. The zero-order valence-electron chi connectivity index (χ0n) is 9.99. The zero-order chi connectivity index (χ0) is 12.4. The number of fused-ring (bicyclic) bond motifs is 1. The lowest BCUT2D eigenvalue weighted by Gasteiger charge is -2.07. The topological polar surface area (TPSA) is 67.0 Å². The molecule has 0 radical (unpaired) electrons. The van der Waals surface area contributed by atoms with Crippen LogP contribution in [-0.4, -0.2) is 12.2 Å². The molecule has 17 heavy (non-hydrogen) atoms. The standard InChI is InChI=1S/C13H15NO3/c1-3-8-4-10-9(7-14-2)5-13(16)17-12(10)6-11(8)15/h4-6,14-15H,3,7H2,1-2H3/p+1. The Morgan fingerprint density at radius 3 is 2.71 bits per heavy atom. The second-order valence-corrected chi connectivity index (χ2v) is 4.03. The van der Waals surface area contributed by atoms with E-state index >= 15 is 0 Å². The Kier molecular flexibility index (Phi) is 3.15. The summed E-state index contributed by atoms with van der Waals surface area (Å²) in [4.78, 5) is 11.4. The number of aromatic hydroxyl groups is 1. The fraction of sp³-hybridized carbons (Fsp3) is 0.308. The van der Waals surface area contributed by atoms with Gasteiger partial charge in [-0.2, -0.15) is 0 Å². The van der Waals surface area contributed by atoms with Crippen molar-refractivity contribution < 1.29 is 14.8 Å². The number of phenols is 1. The Hall–Kier alpha value is -1.81. The van der Waals surface area contributed by atoms with E-state index in [0.29, 0.717) is 5.58 Å². The molecule has 0 unspecified atom stereocenters. The van der Waals surface area contributed by atoms with E-state index in [9.17, 15) is 9.90 Å². The molecule has 2 rings (SSSR count). The highest BCUT2D eigenvalue weighted by molar-refractivity contribution is 5.82. The van der Waals surface area contributed by atoms with E-state index < -0.39 is 0 Å². The van der Waals surface area contributed by atoms with E-state index in [2.05, 4.69) is 0 Å². The summed E-state index contributed by atoms with van der Waals surface area (Å²) in [6.45, 7) is 2.70. The van der Waals surface area contributed by atoms with Gasteiger partial charge < -0.3 is 14.8 Å². The Morgan fingerprint density at radius 2 is 2.06 bits per heavy atom. The van der Waals surface area contributed by atoms with Gasteiger partial charge in [-0.25, -0.2) is 4.79 Å². The first-order valence-electron chi connectivity index (χ1n) is 5.72. The average Bonchev–Trinajstić information content (AvgIpc) is 2.28. The summed E-state index contributed by atoms with van der Waals surface area (Å²) in [7, 11) is 1.95. The molecule has 1 heterocycles. The third-order valence-corrected chi connectivity index (χ3v) is 2.83. The van der Waals surface area contributed by atoms with E-state index in [1.165, 1.54) is 12.1 Å². The van der Waals surface area contributed by atoms with Gasteiger partial charge in [-0.05, 0) is 18.1 Å². The first-order chi connectivity index (χ1) is 8.15. The van der Waals surface area contributed by atoms with E-state index in [0.717, 1.165) is 29.5 Å². The summed E-state index contributed by atoms with van der Waals surface area (Å²) < 4.78 is 5.10. The second kappa shape index (κ2) is 4.59. The van der Waals surface area contributed by atoms with Gasteiger partial charge in [0.15, 0.2) is 0 Å². The number of aryl methyl sites for hydroxylation is 1. The summed E-state index contributed by atoms with van der Waals surface area (Å²) in [5, 5.41) is 12.6. The fourth-order valence-electron chi connectivity index (χ4n) is 1.98. The molecule has 90 valence electrons. The lowest BCUT2D eigenvalue weighted by Crippen LogP contribution is -2.77. The number of hydrogen-bond donors (Lipinski definition) is 2. The van der Waals surface area contributed by atoms with Gasteiger partial charge in [0.25, 0.3) is 0 Å². The van der Waals surface area contributed by atoms with Crippen molar-refractivity contribution in [1.82, 2.24) is 0 Å². The highest BCUT2D eigenvalue weighted by Gasteiger charge is 2.10. The first-order valence-corrected chi connectivity index (χ1v) is 5.72. The SMILES string of the molecule is CCc1cc2c(C[NH2+]C)cc(=O)oc2cc1O. The summed E-state index contributed by atoms with van der Waals surface area (Å²) in [6, 6.07) is 4.93. The van der Waals surface area contributed by atoms with Crippen LogP contribution in [0.15, 0.2) is 27.4 Å². The molecule has 0 atom stereocenters. The molecule has 0 saturated carbocycles. The smallest absolute Gasteiger partial charge is 0.336 e. The largest absolute Gasteiger partial charge is 0.508 e. The van der Waals surface area contributed by atoms with Crippen molar-refractivity contribution >= 4 is 11.0 Å². The Bertz CT molecular complexity index is 601. The maximum atomic E-state index is 11.4. The third kappa shape index (κ3) is 2.17. The van der Waals surface area contributed by atoms with Crippen LogP contribution < -0.4 is 10.9 Å². The molecule has 0 aliphatic heterocycles. The van der Waals surface area contributed by atoms with E-state index in [4.69, 9.17) is 4.42 Å². The molecule has 0 bridgehead atoms. The van der Waals surface area contributed by atoms with E-state index in [1.807, 2.05) is 25.4 Å². The molecule has 0 aliphatic carbocycles. The molecule has 4 nitrogen and oxygen atoms in total. The van der Waals surface area contributed by atoms with E-state index in [1.54, 1.807) is 0 Å². The van der Waals surface area contributed by atoms with Gasteiger partial charge in [0.2, 0.25) is 0 Å². The van der Waals surface area contributed by atoms with Crippen molar-refractivity contribution in [3.8, 4) is 5.75 Å². The first kappa shape index (κ1) is 11.7. The van der Waals surface area contributed by atoms with Crippen LogP contribution in [0.25, 0.3) is 11.0 Å². The summed E-state index contributed by atoms with van der Waals surface area (Å²) in [6.07, 6.45) is 0.746. The Balaban J connectivity index is 2.76. The summed E-state index contributed by atoms with van der Waals surface area (Å²) >= 11 is 0. The molecule has 3 N–H and O–H groups in total. The molecule has 1 aromatic carbocycles. The molecular weight excluding hydrogens is 218 g/mol. The van der Waals surface area contributed by atoms with Crippen molar-refractivity contribution in [2.45, 2.75) is 19.9 Å². The highest BCUT2D eigenvalue weighted by atomic mass is 16.4. The number of nitrogens with two attached hydrogens (primary N) is 1. The minimum Gasteiger partial charge on any atom is -0.508 e. The molecule has 0 aliphatic rings. The number of hydrogen-bond acceptors (Lipinski definition) is 3. The Labute approximate surface area is 98.9 Å². The van der Waals surface area contributed by atoms with Gasteiger partial charge >= 0.3 is 5.63 Å². The fourth-order valence-corrected chi connectivity index (χ4v) is 1.98. The van der Waals surface area contributed by atoms with Crippen LogP contribution in [0.4, 0.5) is 0 Å². The lowest BCUT2D eigenvalue weighted by molar-refractivity contribution is -0.643. The van der Waals surface area contributed by atoms with Crippen LogP contribution in [0.2, 0.25) is 0 Å². The van der Waals surface area contributed by atoms with Crippen molar-refractivity contribution in [2.24, 2.45) is 0 Å². The number of benzene rings is 1. The number of quaternary nitrogens is 1. The molecule has 4 heteroatoms. The molecule has 0 fully saturated rings. The highest BCUT2D eigenvalue weighted by Crippen LogP contribution is 2.26. The van der Waals surface area contributed by atoms with Gasteiger partial charge in [-0.3, -0.25) is 0 Å². The minimum atomic E-state index is -0.377. The van der Waals surface area contributed by atoms with Crippen LogP contribution in [-0.2, 0) is 13.0 Å². The quantitative estimate of drug-likeness (QED) is 0.770. The van der Waals surface area contributed by atoms with Gasteiger partial charge in [0.05, 0.1) is 7.05 Å². The number of rotatable bonds is 3. The van der Waals surface area contributed by atoms with Gasteiger partial charge in [-0.1, -0.05) is 6.92 Å². The van der Waals surface area contributed by atoms with Crippen molar-refractivity contribution in [3.05, 3.63) is 39.7 Å². The summed E-state index contributed by atoms with van der Waals surface area (Å²) in [5.74, 6) is 0.181. The van der Waals surface area contributed by atoms with Crippen LogP contribution in [0, 0.1) is 0 Å². The lowest BCUT2D eigenvalue weighted by atomic mass is 10.0. The predicted octanol–water partition coefficient (Wildman–Crippen LogP) is 0.754. The van der Waals surface area contributed by atoms with Gasteiger partial charge in [-0.15, -0.1) is 0 Å². The Morgan fingerprint density at radius 1 is 1.29 bits per heavy atom. The van der Waals surface area contributed by atoms with Crippen molar-refractivity contribution in [3.63, 3.8) is 0 Å². The molecule has 2 aromatic rings. The molecule has 0 amide bonds. The molecule has 0 spiro atoms. The normalized spacial score (nSPS) is 10.9. The minimum absolute atomic E-state index is 0.181. The van der Waals surface area contributed by atoms with Crippen molar-refractivity contribution in [1.29, 1.82) is 0 Å². The molecule has 1 aromatic heterocycles. The van der Waals surface area contributed by atoms with Crippen LogP contribution >= 0.6 is 0 Å². The third-order valence-electron chi connectivity index (χ3n) is 2.83. The number of phenolic OH excluding ortho intramolecular Hbond substituents is 1. The van der Waals surface area contributed by atoms with Crippen LogP contribution in [0.3, 0.4) is 0 Å². The van der Waals surface area contributed by atoms with Crippen LogP contribution in [0.1, 0.15) is 18.1 Å². The molecule has 0 saturated heterocycles. The van der Waals surface area contributed by atoms with Crippen molar-refractivity contribution in [2.75, 3.05) is 7.05 Å². The van der Waals surface area contributed by atoms with E-state index in [-0.39, 0.29) is 11.4 Å². The predicted molar refractivity (Wildman–Crippen MR) is 65.1 cm³/mol.